The predicted octanol–water partition coefficient (Wildman–Crippen LogP) is 7.63. The van der Waals surface area contributed by atoms with Gasteiger partial charge in [-0.25, -0.2) is 4.79 Å². The van der Waals surface area contributed by atoms with Crippen molar-refractivity contribution in [3.63, 3.8) is 0 Å². The lowest BCUT2D eigenvalue weighted by atomic mass is 9.93. The van der Waals surface area contributed by atoms with Crippen molar-refractivity contribution in [2.45, 2.75) is 45.4 Å². The van der Waals surface area contributed by atoms with Gasteiger partial charge in [0.05, 0.1) is 17.5 Å². The van der Waals surface area contributed by atoms with Gasteiger partial charge in [-0.3, -0.25) is 9.59 Å². The van der Waals surface area contributed by atoms with Crippen LogP contribution in [0.4, 0.5) is 13.2 Å². The Morgan fingerprint density at radius 1 is 0.952 bits per heavy atom. The van der Waals surface area contributed by atoms with Crippen molar-refractivity contribution < 1.29 is 42.1 Å². The molecule has 0 radical (unpaired) electrons. The topological polar surface area (TPSA) is 89.9 Å². The van der Waals surface area contributed by atoms with E-state index in [9.17, 15) is 27.6 Å². The van der Waals surface area contributed by atoms with Gasteiger partial charge in [-0.15, -0.1) is 0 Å². The number of hydrogen-bond acceptors (Lipinski definition) is 5. The molecule has 42 heavy (non-hydrogen) atoms. The second kappa shape index (κ2) is 15.0. The lowest BCUT2D eigenvalue weighted by Crippen LogP contribution is -2.13. The van der Waals surface area contributed by atoms with Crippen molar-refractivity contribution in [1.82, 2.24) is 0 Å². The zero-order chi connectivity index (χ0) is 30.7. The molecular formula is C33H33F3O6. The van der Waals surface area contributed by atoms with Gasteiger partial charge in [0.15, 0.2) is 12.4 Å². The van der Waals surface area contributed by atoms with Crippen LogP contribution in [0.15, 0.2) is 91.0 Å². The van der Waals surface area contributed by atoms with Crippen LogP contribution < -0.4 is 4.74 Å². The summed E-state index contributed by atoms with van der Waals surface area (Å²) in [6.45, 7) is 3.66. The molecule has 2 fully saturated rings. The first-order valence-corrected chi connectivity index (χ1v) is 13.7. The number of carbonyl (C=O) groups is 3. The number of aromatic carboxylic acids is 1. The van der Waals surface area contributed by atoms with Crippen molar-refractivity contribution in [3.8, 4) is 16.9 Å². The van der Waals surface area contributed by atoms with Crippen LogP contribution >= 0.6 is 0 Å². The van der Waals surface area contributed by atoms with E-state index in [4.69, 9.17) is 14.6 Å². The van der Waals surface area contributed by atoms with E-state index in [1.807, 2.05) is 56.3 Å². The van der Waals surface area contributed by atoms with E-state index >= 15 is 0 Å². The molecule has 1 heterocycles. The Hall–Kier alpha value is -4.40. The first-order valence-electron chi connectivity index (χ1n) is 13.7. The van der Waals surface area contributed by atoms with E-state index in [1.54, 1.807) is 18.2 Å². The smallest absolute Gasteiger partial charge is 0.416 e. The van der Waals surface area contributed by atoms with E-state index in [0.717, 1.165) is 36.1 Å². The molecule has 3 aromatic carbocycles. The molecule has 222 valence electrons. The molecular weight excluding hydrogens is 549 g/mol. The van der Waals surface area contributed by atoms with Gasteiger partial charge in [-0.1, -0.05) is 68.5 Å². The maximum absolute atomic E-state index is 12.6. The van der Waals surface area contributed by atoms with Crippen molar-refractivity contribution in [3.05, 3.63) is 102 Å². The minimum Gasteiger partial charge on any atom is -0.485 e. The zero-order valence-corrected chi connectivity index (χ0v) is 23.3. The molecule has 0 unspecified atom stereocenters. The number of hydrogen-bond donors (Lipinski definition) is 1. The Morgan fingerprint density at radius 3 is 2.26 bits per heavy atom. The first-order chi connectivity index (χ1) is 20.1. The number of ether oxygens (including phenoxy) is 2. The monoisotopic (exact) mass is 582 g/mol. The molecule has 1 saturated carbocycles. The summed E-state index contributed by atoms with van der Waals surface area (Å²) in [5.41, 5.74) is 1.61. The van der Waals surface area contributed by atoms with Gasteiger partial charge in [0.25, 0.3) is 0 Å². The summed E-state index contributed by atoms with van der Waals surface area (Å²) in [5, 5.41) is 8.75. The number of carboxylic acid groups (broad SMARTS) is 1. The van der Waals surface area contributed by atoms with Crippen LogP contribution in [0.1, 0.15) is 49.0 Å². The summed E-state index contributed by atoms with van der Waals surface area (Å²) in [7, 11) is 0. The second-order valence-electron chi connectivity index (χ2n) is 9.53. The fourth-order valence-corrected chi connectivity index (χ4v) is 4.77. The standard InChI is InChI=1S/C18H17F3O4.C13H10O2.C2H6/c19-18(20,21)12-2-1-3-14(8-12)24-10-13(22)6-4-11-5-7-16-15(11)9-17(23)25-16;14-13(15)12-8-6-11(7-9-12)10-4-2-1-3-5-10;1-2/h1-4,6,8,11,15-16H,5,7,9-10H2;1-9H,(H,14,15);1-2H3/b6-4+;;/t11-,15+,16-;;/m0../s1. The molecule has 0 aromatic heterocycles. The van der Waals surface area contributed by atoms with Crippen molar-refractivity contribution in [2.24, 2.45) is 11.8 Å². The molecule has 1 aliphatic heterocycles. The molecule has 3 atom stereocenters. The quantitative estimate of drug-likeness (QED) is 0.228. The van der Waals surface area contributed by atoms with Crippen LogP contribution in [0.3, 0.4) is 0 Å². The second-order valence-corrected chi connectivity index (χ2v) is 9.53. The Kier molecular flexibility index (Phi) is 11.5. The maximum Gasteiger partial charge on any atom is 0.416 e. The lowest BCUT2D eigenvalue weighted by Gasteiger charge is -2.11. The maximum atomic E-state index is 12.6. The number of rotatable bonds is 7. The predicted molar refractivity (Wildman–Crippen MR) is 152 cm³/mol. The molecule has 3 aromatic rings. The van der Waals surface area contributed by atoms with Crippen molar-refractivity contribution >= 4 is 17.7 Å². The van der Waals surface area contributed by atoms with Gasteiger partial charge in [0.2, 0.25) is 0 Å². The van der Waals surface area contributed by atoms with Gasteiger partial charge >= 0.3 is 18.1 Å². The third-order valence-corrected chi connectivity index (χ3v) is 6.81. The molecule has 0 spiro atoms. The van der Waals surface area contributed by atoms with Crippen LogP contribution in [0, 0.1) is 11.8 Å². The molecule has 1 saturated heterocycles. The third kappa shape index (κ3) is 9.06. The lowest BCUT2D eigenvalue weighted by molar-refractivity contribution is -0.141. The minimum atomic E-state index is -4.46. The van der Waals surface area contributed by atoms with Gasteiger partial charge in [0, 0.05) is 5.92 Å². The van der Waals surface area contributed by atoms with Crippen molar-refractivity contribution in [1.29, 1.82) is 0 Å². The number of esters is 1. The number of fused-ring (bicyclic) bond motifs is 1. The van der Waals surface area contributed by atoms with E-state index in [1.165, 1.54) is 18.2 Å². The molecule has 2 aliphatic rings. The van der Waals surface area contributed by atoms with Gasteiger partial charge in [-0.2, -0.15) is 13.2 Å². The number of carboxylic acids is 1. The fraction of sp³-hybridized carbons (Fsp3) is 0.303. The average Bonchev–Trinajstić information content (AvgIpc) is 3.55. The fourth-order valence-electron chi connectivity index (χ4n) is 4.77. The molecule has 1 aliphatic carbocycles. The van der Waals surface area contributed by atoms with E-state index in [0.29, 0.717) is 12.0 Å². The number of carbonyl (C=O) groups excluding carboxylic acids is 2. The van der Waals surface area contributed by atoms with E-state index < -0.39 is 17.7 Å². The zero-order valence-electron chi connectivity index (χ0n) is 23.3. The normalized spacial score (nSPS) is 19.1. The highest BCUT2D eigenvalue weighted by molar-refractivity contribution is 5.91. The largest absolute Gasteiger partial charge is 0.485 e. The molecule has 0 bridgehead atoms. The summed E-state index contributed by atoms with van der Waals surface area (Å²) in [4.78, 5) is 33.8. The summed E-state index contributed by atoms with van der Waals surface area (Å²) in [6.07, 6.45) is 0.630. The highest BCUT2D eigenvalue weighted by Gasteiger charge is 2.43. The van der Waals surface area contributed by atoms with Gasteiger partial charge < -0.3 is 14.6 Å². The molecule has 1 N–H and O–H groups in total. The summed E-state index contributed by atoms with van der Waals surface area (Å²) in [6, 6.07) is 21.1. The molecule has 0 amide bonds. The number of alkyl halides is 3. The van der Waals surface area contributed by atoms with Gasteiger partial charge in [0.1, 0.15) is 11.9 Å². The number of benzene rings is 3. The highest BCUT2D eigenvalue weighted by Crippen LogP contribution is 2.41. The minimum absolute atomic E-state index is 0.00713. The number of ketones is 1. The Labute approximate surface area is 242 Å². The molecule has 6 nitrogen and oxygen atoms in total. The van der Waals surface area contributed by atoms with E-state index in [2.05, 4.69) is 0 Å². The Balaban J connectivity index is 0.000000243. The van der Waals surface area contributed by atoms with Crippen LogP contribution in [0.25, 0.3) is 11.1 Å². The summed E-state index contributed by atoms with van der Waals surface area (Å²) >= 11 is 0. The highest BCUT2D eigenvalue weighted by atomic mass is 19.4. The van der Waals surface area contributed by atoms with Crippen LogP contribution in [-0.2, 0) is 20.5 Å². The SMILES string of the molecule is CC.O=C(/C=C/[C@H]1CC[C@@H]2OC(=O)C[C@@H]21)COc1cccc(C(F)(F)F)c1.O=C(O)c1ccc(-c2ccccc2)cc1. The number of halogens is 3. The summed E-state index contributed by atoms with van der Waals surface area (Å²) < 4.78 is 48.2. The Bertz CT molecular complexity index is 1370. The van der Waals surface area contributed by atoms with Crippen LogP contribution in [-0.4, -0.2) is 35.5 Å². The summed E-state index contributed by atoms with van der Waals surface area (Å²) in [5.74, 6) is -1.23. The average molecular weight is 583 g/mol. The number of allylic oxidation sites excluding steroid dienone is 1. The van der Waals surface area contributed by atoms with Crippen LogP contribution in [0.2, 0.25) is 0 Å². The molecule has 9 heteroatoms. The third-order valence-electron chi connectivity index (χ3n) is 6.81. The first kappa shape index (κ1) is 32.1. The Morgan fingerprint density at radius 2 is 1.62 bits per heavy atom. The van der Waals surface area contributed by atoms with Crippen LogP contribution in [0.5, 0.6) is 5.75 Å². The van der Waals surface area contributed by atoms with E-state index in [-0.39, 0.29) is 42.0 Å². The van der Waals surface area contributed by atoms with Crippen molar-refractivity contribution in [2.75, 3.05) is 6.61 Å². The van der Waals surface area contributed by atoms with Gasteiger partial charge in [-0.05, 0) is 66.3 Å². The molecule has 5 rings (SSSR count).